The number of benzene rings is 2. The van der Waals surface area contributed by atoms with E-state index in [0.29, 0.717) is 0 Å². The van der Waals surface area contributed by atoms with E-state index >= 15 is 0 Å². The SMILES string of the molecule is Cc1cc(Cl)cc(C(Cl)c2cc(C)ccc2C)c1. The van der Waals surface area contributed by atoms with Gasteiger partial charge in [-0.25, -0.2) is 0 Å². The lowest BCUT2D eigenvalue weighted by molar-refractivity contribution is 1.10. The summed E-state index contributed by atoms with van der Waals surface area (Å²) in [6.45, 7) is 6.19. The molecule has 18 heavy (non-hydrogen) atoms. The van der Waals surface area contributed by atoms with Gasteiger partial charge in [0, 0.05) is 5.02 Å². The zero-order valence-electron chi connectivity index (χ0n) is 10.8. The van der Waals surface area contributed by atoms with E-state index in [2.05, 4.69) is 38.1 Å². The van der Waals surface area contributed by atoms with Crippen molar-refractivity contribution in [2.45, 2.75) is 26.1 Å². The first-order valence-corrected chi connectivity index (χ1v) is 6.77. The maximum atomic E-state index is 6.59. The van der Waals surface area contributed by atoms with Crippen molar-refractivity contribution in [2.24, 2.45) is 0 Å². The molecule has 0 saturated carbocycles. The number of alkyl halides is 1. The van der Waals surface area contributed by atoms with Gasteiger partial charge in [0.25, 0.3) is 0 Å². The lowest BCUT2D eigenvalue weighted by Gasteiger charge is -2.15. The average molecular weight is 279 g/mol. The van der Waals surface area contributed by atoms with E-state index in [1.165, 1.54) is 11.1 Å². The van der Waals surface area contributed by atoms with E-state index < -0.39 is 0 Å². The number of aryl methyl sites for hydroxylation is 3. The van der Waals surface area contributed by atoms with Crippen LogP contribution in [0.25, 0.3) is 0 Å². The quantitative estimate of drug-likeness (QED) is 0.628. The van der Waals surface area contributed by atoms with Crippen LogP contribution in [0.1, 0.15) is 33.2 Å². The molecular weight excluding hydrogens is 263 g/mol. The van der Waals surface area contributed by atoms with Gasteiger partial charge in [0.05, 0.1) is 5.38 Å². The molecule has 2 rings (SSSR count). The molecular formula is C16H16Cl2. The third kappa shape index (κ3) is 2.88. The Hall–Kier alpha value is -0.980. The monoisotopic (exact) mass is 278 g/mol. The molecule has 2 aromatic rings. The lowest BCUT2D eigenvalue weighted by atomic mass is 9.97. The van der Waals surface area contributed by atoms with Gasteiger partial charge in [0.2, 0.25) is 0 Å². The zero-order valence-corrected chi connectivity index (χ0v) is 12.3. The summed E-state index contributed by atoms with van der Waals surface area (Å²) < 4.78 is 0. The highest BCUT2D eigenvalue weighted by molar-refractivity contribution is 6.31. The first-order valence-electron chi connectivity index (χ1n) is 5.95. The molecule has 0 radical (unpaired) electrons. The van der Waals surface area contributed by atoms with Crippen LogP contribution in [0.3, 0.4) is 0 Å². The zero-order chi connectivity index (χ0) is 13.3. The highest BCUT2D eigenvalue weighted by Crippen LogP contribution is 2.33. The summed E-state index contributed by atoms with van der Waals surface area (Å²) in [5.74, 6) is 0. The fourth-order valence-electron chi connectivity index (χ4n) is 2.12. The molecule has 0 aliphatic rings. The molecule has 2 heteroatoms. The summed E-state index contributed by atoms with van der Waals surface area (Å²) in [4.78, 5) is 0. The predicted octanol–water partition coefficient (Wildman–Crippen LogP) is 5.59. The smallest absolute Gasteiger partial charge is 0.0838 e. The molecule has 0 bridgehead atoms. The first-order chi connectivity index (χ1) is 8.47. The maximum Gasteiger partial charge on any atom is 0.0838 e. The molecule has 0 fully saturated rings. The maximum absolute atomic E-state index is 6.59. The summed E-state index contributed by atoms with van der Waals surface area (Å²) in [5.41, 5.74) is 5.76. The molecule has 0 amide bonds. The van der Waals surface area contributed by atoms with Crippen molar-refractivity contribution < 1.29 is 0 Å². The lowest BCUT2D eigenvalue weighted by Crippen LogP contribution is -1.97. The Morgan fingerprint density at radius 3 is 2.28 bits per heavy atom. The third-order valence-electron chi connectivity index (χ3n) is 3.06. The third-order valence-corrected chi connectivity index (χ3v) is 3.77. The van der Waals surface area contributed by atoms with Crippen LogP contribution in [-0.4, -0.2) is 0 Å². The molecule has 0 heterocycles. The van der Waals surface area contributed by atoms with Crippen LogP contribution in [-0.2, 0) is 0 Å². The van der Waals surface area contributed by atoms with Crippen molar-refractivity contribution in [1.29, 1.82) is 0 Å². The second-order valence-electron chi connectivity index (χ2n) is 4.78. The Kier molecular flexibility index (Phi) is 3.99. The number of halogens is 2. The highest BCUT2D eigenvalue weighted by atomic mass is 35.5. The van der Waals surface area contributed by atoms with Gasteiger partial charge in [-0.1, -0.05) is 41.4 Å². The molecule has 0 N–H and O–H groups in total. The van der Waals surface area contributed by atoms with Crippen molar-refractivity contribution in [1.82, 2.24) is 0 Å². The van der Waals surface area contributed by atoms with Crippen LogP contribution in [0.5, 0.6) is 0 Å². The molecule has 94 valence electrons. The van der Waals surface area contributed by atoms with Gasteiger partial charge in [-0.15, -0.1) is 11.6 Å². The summed E-state index contributed by atoms with van der Waals surface area (Å²) in [6.07, 6.45) is 0. The van der Waals surface area contributed by atoms with Crippen LogP contribution < -0.4 is 0 Å². The van der Waals surface area contributed by atoms with Crippen LogP contribution in [0.15, 0.2) is 36.4 Å². The molecule has 0 aliphatic heterocycles. The molecule has 0 nitrogen and oxygen atoms in total. The Balaban J connectivity index is 2.47. The molecule has 0 spiro atoms. The fourth-order valence-corrected chi connectivity index (χ4v) is 2.78. The van der Waals surface area contributed by atoms with E-state index in [9.17, 15) is 0 Å². The molecule has 0 aliphatic carbocycles. The van der Waals surface area contributed by atoms with Gasteiger partial charge in [-0.3, -0.25) is 0 Å². The minimum Gasteiger partial charge on any atom is -0.113 e. The van der Waals surface area contributed by atoms with E-state index in [-0.39, 0.29) is 5.38 Å². The topological polar surface area (TPSA) is 0 Å². The Bertz CT molecular complexity index is 553. The van der Waals surface area contributed by atoms with E-state index in [1.807, 2.05) is 19.1 Å². The van der Waals surface area contributed by atoms with Gasteiger partial charge in [-0.2, -0.15) is 0 Å². The van der Waals surface area contributed by atoms with Crippen molar-refractivity contribution in [3.63, 3.8) is 0 Å². The van der Waals surface area contributed by atoms with Crippen LogP contribution in [0, 0.1) is 20.8 Å². The first kappa shape index (κ1) is 13.5. The van der Waals surface area contributed by atoms with Crippen molar-refractivity contribution in [3.05, 3.63) is 69.2 Å². The van der Waals surface area contributed by atoms with E-state index in [4.69, 9.17) is 23.2 Å². The predicted molar refractivity (Wildman–Crippen MR) is 79.8 cm³/mol. The van der Waals surface area contributed by atoms with Crippen molar-refractivity contribution in [2.75, 3.05) is 0 Å². The van der Waals surface area contributed by atoms with E-state index in [1.54, 1.807) is 0 Å². The summed E-state index contributed by atoms with van der Waals surface area (Å²) in [5, 5.41) is 0.586. The summed E-state index contributed by atoms with van der Waals surface area (Å²) in [6, 6.07) is 12.3. The Labute approximate surface area is 119 Å². The molecule has 1 unspecified atom stereocenters. The van der Waals surface area contributed by atoms with Crippen molar-refractivity contribution in [3.8, 4) is 0 Å². The fraction of sp³-hybridized carbons (Fsp3) is 0.250. The van der Waals surface area contributed by atoms with Crippen molar-refractivity contribution >= 4 is 23.2 Å². The van der Waals surface area contributed by atoms with Gasteiger partial charge in [-0.05, 0) is 55.2 Å². The van der Waals surface area contributed by atoms with Gasteiger partial charge in [0.1, 0.15) is 0 Å². The largest absolute Gasteiger partial charge is 0.113 e. The van der Waals surface area contributed by atoms with Gasteiger partial charge >= 0.3 is 0 Å². The normalized spacial score (nSPS) is 12.5. The number of hydrogen-bond donors (Lipinski definition) is 0. The van der Waals surface area contributed by atoms with Crippen LogP contribution in [0.4, 0.5) is 0 Å². The Morgan fingerprint density at radius 1 is 0.889 bits per heavy atom. The van der Waals surface area contributed by atoms with Crippen LogP contribution >= 0.6 is 23.2 Å². The molecule has 0 aromatic heterocycles. The summed E-state index contributed by atoms with van der Waals surface area (Å²) >= 11 is 12.7. The second kappa shape index (κ2) is 5.34. The molecule has 1 atom stereocenters. The van der Waals surface area contributed by atoms with E-state index in [0.717, 1.165) is 21.7 Å². The Morgan fingerprint density at radius 2 is 1.61 bits per heavy atom. The minimum absolute atomic E-state index is 0.151. The molecule has 0 saturated heterocycles. The van der Waals surface area contributed by atoms with Gasteiger partial charge < -0.3 is 0 Å². The van der Waals surface area contributed by atoms with Gasteiger partial charge in [0.15, 0.2) is 0 Å². The number of rotatable bonds is 2. The average Bonchev–Trinajstić information content (AvgIpc) is 2.30. The molecule has 2 aromatic carbocycles. The standard InChI is InChI=1S/C16H16Cl2/c1-10-4-5-12(3)15(8-10)16(18)13-6-11(2)7-14(17)9-13/h4-9,16H,1-3H3. The number of hydrogen-bond acceptors (Lipinski definition) is 0. The highest BCUT2D eigenvalue weighted by Gasteiger charge is 2.14. The minimum atomic E-state index is -0.151. The summed E-state index contributed by atoms with van der Waals surface area (Å²) in [7, 11) is 0. The van der Waals surface area contributed by atoms with Crippen LogP contribution in [0.2, 0.25) is 5.02 Å². The second-order valence-corrected chi connectivity index (χ2v) is 5.66.